The average molecular weight is 367 g/mol. The zero-order chi connectivity index (χ0) is 17.9. The number of hydrogen-bond donors (Lipinski definition) is 1. The molecule has 5 nitrogen and oxygen atoms in total. The van der Waals surface area contributed by atoms with Gasteiger partial charge in [-0.3, -0.25) is 4.79 Å². The van der Waals surface area contributed by atoms with Gasteiger partial charge in [0, 0.05) is 12.4 Å². The van der Waals surface area contributed by atoms with Gasteiger partial charge >= 0.3 is 0 Å². The van der Waals surface area contributed by atoms with Crippen LogP contribution in [-0.2, 0) is 6.54 Å². The monoisotopic (exact) mass is 367 g/mol. The van der Waals surface area contributed by atoms with Gasteiger partial charge in [0.1, 0.15) is 17.3 Å². The van der Waals surface area contributed by atoms with Crippen LogP contribution in [0, 0.1) is 5.82 Å². The summed E-state index contributed by atoms with van der Waals surface area (Å²) >= 11 is 1.37. The summed E-state index contributed by atoms with van der Waals surface area (Å²) in [4.78, 5) is 17.9. The van der Waals surface area contributed by atoms with Crippen LogP contribution in [0.1, 0.15) is 16.2 Å². The lowest BCUT2D eigenvalue weighted by molar-refractivity contribution is 0.0944. The molecule has 3 heterocycles. The summed E-state index contributed by atoms with van der Waals surface area (Å²) in [5, 5.41) is 3.47. The Morgan fingerprint density at radius 1 is 1.15 bits per heavy atom. The van der Waals surface area contributed by atoms with Crippen molar-refractivity contribution in [1.82, 2.24) is 14.9 Å². The fraction of sp³-hybridized carbons (Fsp3) is 0.0526. The quantitative estimate of drug-likeness (QED) is 0.573. The first kappa shape index (κ1) is 16.3. The van der Waals surface area contributed by atoms with E-state index in [1.165, 1.54) is 23.5 Å². The standard InChI is InChI=1S/C19H14FN3O2S/c20-14-7-5-13(6-8-14)17-16(18(24)21-12-15-4-3-11-25-15)22-19(26-17)23-9-1-2-10-23/h1-11H,12H2,(H,21,24). The summed E-state index contributed by atoms with van der Waals surface area (Å²) in [6, 6.07) is 13.3. The van der Waals surface area contributed by atoms with Crippen molar-refractivity contribution in [3.05, 3.63) is 84.5 Å². The Morgan fingerprint density at radius 3 is 2.62 bits per heavy atom. The number of nitrogens with zero attached hydrogens (tertiary/aromatic N) is 2. The Morgan fingerprint density at radius 2 is 1.92 bits per heavy atom. The molecule has 0 saturated heterocycles. The van der Waals surface area contributed by atoms with Crippen LogP contribution in [0.2, 0.25) is 0 Å². The third-order valence-corrected chi connectivity index (χ3v) is 4.88. The van der Waals surface area contributed by atoms with E-state index in [4.69, 9.17) is 4.42 Å². The molecule has 0 atom stereocenters. The summed E-state index contributed by atoms with van der Waals surface area (Å²) < 4.78 is 20.3. The molecule has 0 aliphatic carbocycles. The highest BCUT2D eigenvalue weighted by molar-refractivity contribution is 7.17. The normalized spacial score (nSPS) is 10.8. The molecule has 0 unspecified atom stereocenters. The number of amides is 1. The van der Waals surface area contributed by atoms with E-state index >= 15 is 0 Å². The maximum absolute atomic E-state index is 13.3. The van der Waals surface area contributed by atoms with Crippen molar-refractivity contribution in [1.29, 1.82) is 0 Å². The maximum Gasteiger partial charge on any atom is 0.271 e. The zero-order valence-electron chi connectivity index (χ0n) is 13.6. The van der Waals surface area contributed by atoms with Gasteiger partial charge in [-0.25, -0.2) is 9.37 Å². The molecule has 0 bridgehead atoms. The molecule has 7 heteroatoms. The van der Waals surface area contributed by atoms with Gasteiger partial charge in [-0.1, -0.05) is 23.5 Å². The molecule has 0 spiro atoms. The predicted molar refractivity (Wildman–Crippen MR) is 96.7 cm³/mol. The Bertz CT molecular complexity index is 1010. The average Bonchev–Trinajstić information content (AvgIpc) is 3.41. The van der Waals surface area contributed by atoms with Gasteiger partial charge in [0.2, 0.25) is 0 Å². The molecular formula is C19H14FN3O2S. The van der Waals surface area contributed by atoms with E-state index in [-0.39, 0.29) is 18.3 Å². The largest absolute Gasteiger partial charge is 0.467 e. The van der Waals surface area contributed by atoms with E-state index in [1.54, 1.807) is 30.5 Å². The fourth-order valence-corrected chi connectivity index (χ4v) is 3.53. The van der Waals surface area contributed by atoms with Gasteiger partial charge < -0.3 is 14.3 Å². The Balaban J connectivity index is 1.69. The van der Waals surface area contributed by atoms with E-state index < -0.39 is 0 Å². The molecule has 4 aromatic rings. The molecule has 26 heavy (non-hydrogen) atoms. The van der Waals surface area contributed by atoms with Crippen molar-refractivity contribution in [2.75, 3.05) is 0 Å². The molecular weight excluding hydrogens is 353 g/mol. The van der Waals surface area contributed by atoms with E-state index in [2.05, 4.69) is 10.3 Å². The number of rotatable bonds is 5. The number of carbonyl (C=O) groups is 1. The van der Waals surface area contributed by atoms with Crippen molar-refractivity contribution in [3.63, 3.8) is 0 Å². The number of aromatic nitrogens is 2. The minimum atomic E-state index is -0.326. The lowest BCUT2D eigenvalue weighted by Gasteiger charge is -2.04. The van der Waals surface area contributed by atoms with Crippen molar-refractivity contribution in [2.45, 2.75) is 6.54 Å². The predicted octanol–water partition coefficient (Wildman–Crippen LogP) is 4.26. The third-order valence-electron chi connectivity index (χ3n) is 3.77. The SMILES string of the molecule is O=C(NCc1ccco1)c1nc(-n2cccc2)sc1-c1ccc(F)cc1. The van der Waals surface area contributed by atoms with Gasteiger partial charge in [-0.2, -0.15) is 0 Å². The van der Waals surface area contributed by atoms with Gasteiger partial charge in [-0.15, -0.1) is 0 Å². The lowest BCUT2D eigenvalue weighted by Crippen LogP contribution is -2.23. The van der Waals surface area contributed by atoms with Crippen LogP contribution in [0.4, 0.5) is 4.39 Å². The highest BCUT2D eigenvalue weighted by Crippen LogP contribution is 2.32. The smallest absolute Gasteiger partial charge is 0.271 e. The van der Waals surface area contributed by atoms with Crippen LogP contribution < -0.4 is 5.32 Å². The van der Waals surface area contributed by atoms with Gasteiger partial charge in [0.05, 0.1) is 17.7 Å². The summed E-state index contributed by atoms with van der Waals surface area (Å²) in [5.41, 5.74) is 1.04. The van der Waals surface area contributed by atoms with Gasteiger partial charge in [0.25, 0.3) is 5.91 Å². The maximum atomic E-state index is 13.3. The topological polar surface area (TPSA) is 60.1 Å². The Hall–Kier alpha value is -3.19. The molecule has 0 aliphatic heterocycles. The number of hydrogen-bond acceptors (Lipinski definition) is 4. The molecule has 0 radical (unpaired) electrons. The second kappa shape index (κ2) is 6.97. The van der Waals surface area contributed by atoms with Crippen LogP contribution in [0.25, 0.3) is 15.6 Å². The van der Waals surface area contributed by atoms with Crippen molar-refractivity contribution >= 4 is 17.2 Å². The zero-order valence-corrected chi connectivity index (χ0v) is 14.4. The van der Waals surface area contributed by atoms with Gasteiger partial charge in [0.15, 0.2) is 5.13 Å². The van der Waals surface area contributed by atoms with Crippen LogP contribution in [0.5, 0.6) is 0 Å². The first-order chi connectivity index (χ1) is 12.7. The fourth-order valence-electron chi connectivity index (χ4n) is 2.50. The molecule has 0 fully saturated rings. The number of thiazole rings is 1. The summed E-state index contributed by atoms with van der Waals surface area (Å²) in [5.74, 6) is 0.0191. The van der Waals surface area contributed by atoms with E-state index in [0.29, 0.717) is 21.5 Å². The number of furan rings is 1. The van der Waals surface area contributed by atoms with Crippen LogP contribution in [0.15, 0.2) is 71.6 Å². The third kappa shape index (κ3) is 3.29. The molecule has 3 aromatic heterocycles. The number of carbonyl (C=O) groups excluding carboxylic acids is 1. The highest BCUT2D eigenvalue weighted by Gasteiger charge is 2.20. The molecule has 0 aliphatic rings. The van der Waals surface area contributed by atoms with Gasteiger partial charge in [-0.05, 0) is 42.0 Å². The Kier molecular flexibility index (Phi) is 4.37. The minimum absolute atomic E-state index is 0.269. The second-order valence-electron chi connectivity index (χ2n) is 5.53. The van der Waals surface area contributed by atoms with Crippen molar-refractivity contribution in [3.8, 4) is 15.6 Å². The number of halogens is 1. The molecule has 1 aromatic carbocycles. The first-order valence-electron chi connectivity index (χ1n) is 7.91. The minimum Gasteiger partial charge on any atom is -0.467 e. The first-order valence-corrected chi connectivity index (χ1v) is 8.73. The second-order valence-corrected chi connectivity index (χ2v) is 6.51. The highest BCUT2D eigenvalue weighted by atomic mass is 32.1. The summed E-state index contributed by atoms with van der Waals surface area (Å²) in [6.45, 7) is 0.269. The van der Waals surface area contributed by atoms with E-state index in [0.717, 1.165) is 5.56 Å². The number of nitrogens with one attached hydrogen (secondary N) is 1. The molecule has 0 saturated carbocycles. The van der Waals surface area contributed by atoms with Crippen LogP contribution >= 0.6 is 11.3 Å². The number of benzene rings is 1. The molecule has 1 N–H and O–H groups in total. The van der Waals surface area contributed by atoms with Crippen molar-refractivity contribution < 1.29 is 13.6 Å². The van der Waals surface area contributed by atoms with Crippen LogP contribution in [-0.4, -0.2) is 15.5 Å². The molecule has 130 valence electrons. The van der Waals surface area contributed by atoms with E-state index in [9.17, 15) is 9.18 Å². The summed E-state index contributed by atoms with van der Waals surface area (Å²) in [6.07, 6.45) is 5.27. The summed E-state index contributed by atoms with van der Waals surface area (Å²) in [7, 11) is 0. The Labute approximate surface area is 152 Å². The van der Waals surface area contributed by atoms with Crippen molar-refractivity contribution in [2.24, 2.45) is 0 Å². The molecule has 1 amide bonds. The van der Waals surface area contributed by atoms with Crippen LogP contribution in [0.3, 0.4) is 0 Å². The lowest BCUT2D eigenvalue weighted by atomic mass is 10.1. The molecule has 4 rings (SSSR count). The van der Waals surface area contributed by atoms with E-state index in [1.807, 2.05) is 29.1 Å².